The second-order valence-corrected chi connectivity index (χ2v) is 5.66. The Bertz CT molecular complexity index is 675. The maximum Gasteiger partial charge on any atom is 0.271 e. The molecule has 0 aliphatic carbocycles. The molecule has 0 amide bonds. The molecule has 0 aliphatic rings. The Kier molecular flexibility index (Phi) is 4.53. The summed E-state index contributed by atoms with van der Waals surface area (Å²) < 4.78 is 14.5. The van der Waals surface area contributed by atoms with Crippen LogP contribution in [0.1, 0.15) is 32.4 Å². The topological polar surface area (TPSA) is 60.9 Å². The van der Waals surface area contributed by atoms with E-state index in [0.29, 0.717) is 23.7 Å². The van der Waals surface area contributed by atoms with Crippen LogP contribution in [0.25, 0.3) is 11.3 Å². The van der Waals surface area contributed by atoms with E-state index in [1.807, 2.05) is 13.8 Å². The maximum atomic E-state index is 13.0. The van der Waals surface area contributed by atoms with E-state index >= 15 is 0 Å². The lowest BCUT2D eigenvalue weighted by molar-refractivity contribution is 0.460. The van der Waals surface area contributed by atoms with Crippen LogP contribution in [-0.2, 0) is 6.54 Å². The number of nitrogens with two attached hydrogens (primary N) is 1. The van der Waals surface area contributed by atoms with Crippen LogP contribution in [0.3, 0.4) is 0 Å². The molecule has 112 valence electrons. The van der Waals surface area contributed by atoms with Crippen molar-refractivity contribution in [2.24, 2.45) is 11.7 Å². The van der Waals surface area contributed by atoms with E-state index in [4.69, 9.17) is 5.73 Å². The maximum absolute atomic E-state index is 13.0. The number of halogens is 1. The van der Waals surface area contributed by atoms with Crippen LogP contribution in [0.4, 0.5) is 4.39 Å². The quantitative estimate of drug-likeness (QED) is 0.941. The lowest BCUT2D eigenvalue weighted by Gasteiger charge is -2.14. The fourth-order valence-electron chi connectivity index (χ4n) is 2.12. The molecule has 0 saturated carbocycles. The molecule has 2 N–H and O–H groups in total. The van der Waals surface area contributed by atoms with E-state index in [0.717, 1.165) is 5.56 Å². The Balaban J connectivity index is 2.58. The van der Waals surface area contributed by atoms with E-state index in [1.165, 1.54) is 16.8 Å². The summed E-state index contributed by atoms with van der Waals surface area (Å²) in [4.78, 5) is 12.3. The van der Waals surface area contributed by atoms with Crippen LogP contribution in [0.15, 0.2) is 35.1 Å². The molecule has 2 rings (SSSR count). The number of rotatable bonds is 4. The summed E-state index contributed by atoms with van der Waals surface area (Å²) in [6, 6.07) is 7.36. The number of hydrogen-bond donors (Lipinski definition) is 1. The van der Waals surface area contributed by atoms with Crippen molar-refractivity contribution in [2.45, 2.75) is 33.4 Å². The van der Waals surface area contributed by atoms with Crippen LogP contribution in [-0.4, -0.2) is 9.78 Å². The predicted octanol–water partition coefficient (Wildman–Crippen LogP) is 2.73. The van der Waals surface area contributed by atoms with Gasteiger partial charge in [-0.3, -0.25) is 4.79 Å². The average Bonchev–Trinajstić information content (AvgIpc) is 2.41. The van der Waals surface area contributed by atoms with Crippen molar-refractivity contribution in [1.82, 2.24) is 9.78 Å². The third-order valence-electron chi connectivity index (χ3n) is 3.17. The molecule has 1 heterocycles. The number of aromatic nitrogens is 2. The molecule has 2 aromatic rings. The van der Waals surface area contributed by atoms with Gasteiger partial charge in [0.25, 0.3) is 5.56 Å². The number of nitrogens with zero attached hydrogens (tertiary/aromatic N) is 2. The minimum absolute atomic E-state index is 0.162. The SMILES string of the molecule is CC(C)Cn1nc(-c2ccc(F)cc2)cc(C(C)N)c1=O. The molecule has 0 saturated heterocycles. The highest BCUT2D eigenvalue weighted by molar-refractivity contribution is 5.59. The summed E-state index contributed by atoms with van der Waals surface area (Å²) in [5.41, 5.74) is 7.63. The first-order chi connectivity index (χ1) is 9.88. The third kappa shape index (κ3) is 3.55. The molecule has 0 spiro atoms. The molecule has 0 bridgehead atoms. The zero-order valence-electron chi connectivity index (χ0n) is 12.5. The third-order valence-corrected chi connectivity index (χ3v) is 3.17. The zero-order valence-corrected chi connectivity index (χ0v) is 12.5. The van der Waals surface area contributed by atoms with Crippen molar-refractivity contribution in [2.75, 3.05) is 0 Å². The first-order valence-corrected chi connectivity index (χ1v) is 7.02. The van der Waals surface area contributed by atoms with E-state index in [2.05, 4.69) is 5.10 Å². The van der Waals surface area contributed by atoms with Crippen molar-refractivity contribution < 1.29 is 4.39 Å². The molecule has 0 aliphatic heterocycles. The van der Waals surface area contributed by atoms with Gasteiger partial charge in [-0.1, -0.05) is 13.8 Å². The summed E-state index contributed by atoms with van der Waals surface area (Å²) in [6.07, 6.45) is 0. The normalized spacial score (nSPS) is 12.7. The second-order valence-electron chi connectivity index (χ2n) is 5.66. The summed E-state index contributed by atoms with van der Waals surface area (Å²) in [7, 11) is 0. The summed E-state index contributed by atoms with van der Waals surface area (Å²) in [6.45, 7) is 6.33. The Morgan fingerprint density at radius 3 is 2.38 bits per heavy atom. The monoisotopic (exact) mass is 289 g/mol. The minimum Gasteiger partial charge on any atom is -0.324 e. The van der Waals surface area contributed by atoms with E-state index in [1.54, 1.807) is 25.1 Å². The standard InChI is InChI=1S/C16H20FN3O/c1-10(2)9-20-16(21)14(11(3)18)8-15(19-20)12-4-6-13(17)7-5-12/h4-8,10-11H,9,18H2,1-3H3. The first kappa shape index (κ1) is 15.4. The summed E-state index contributed by atoms with van der Waals surface area (Å²) in [5.74, 6) is -0.0127. The molecule has 5 heteroatoms. The summed E-state index contributed by atoms with van der Waals surface area (Å²) >= 11 is 0. The Hall–Kier alpha value is -2.01. The minimum atomic E-state index is -0.377. The van der Waals surface area contributed by atoms with Gasteiger partial charge in [-0.25, -0.2) is 9.07 Å². The number of benzene rings is 1. The van der Waals surface area contributed by atoms with Gasteiger partial charge in [0.2, 0.25) is 0 Å². The van der Waals surface area contributed by atoms with Crippen LogP contribution < -0.4 is 11.3 Å². The highest BCUT2D eigenvalue weighted by atomic mass is 19.1. The van der Waals surface area contributed by atoms with Gasteiger partial charge in [-0.15, -0.1) is 0 Å². The Morgan fingerprint density at radius 2 is 1.86 bits per heavy atom. The second kappa shape index (κ2) is 6.18. The molecule has 1 unspecified atom stereocenters. The average molecular weight is 289 g/mol. The lowest BCUT2D eigenvalue weighted by Crippen LogP contribution is -2.31. The largest absolute Gasteiger partial charge is 0.324 e. The molecule has 1 aromatic heterocycles. The fourth-order valence-corrected chi connectivity index (χ4v) is 2.12. The van der Waals surface area contributed by atoms with Gasteiger partial charge < -0.3 is 5.73 Å². The molecular formula is C16H20FN3O. The van der Waals surface area contributed by atoms with Crippen molar-refractivity contribution in [3.8, 4) is 11.3 Å². The van der Waals surface area contributed by atoms with Crippen LogP contribution in [0, 0.1) is 11.7 Å². The van der Waals surface area contributed by atoms with Crippen molar-refractivity contribution >= 4 is 0 Å². The lowest BCUT2D eigenvalue weighted by atomic mass is 10.1. The van der Waals surface area contributed by atoms with Crippen molar-refractivity contribution in [3.05, 3.63) is 52.1 Å². The molecular weight excluding hydrogens is 269 g/mol. The highest BCUT2D eigenvalue weighted by Gasteiger charge is 2.13. The predicted molar refractivity (Wildman–Crippen MR) is 81.3 cm³/mol. The van der Waals surface area contributed by atoms with Gasteiger partial charge in [0.05, 0.1) is 5.69 Å². The first-order valence-electron chi connectivity index (χ1n) is 7.02. The summed E-state index contributed by atoms with van der Waals surface area (Å²) in [5, 5.41) is 4.38. The van der Waals surface area contributed by atoms with Crippen LogP contribution in [0.2, 0.25) is 0 Å². The van der Waals surface area contributed by atoms with E-state index < -0.39 is 0 Å². The van der Waals surface area contributed by atoms with E-state index in [-0.39, 0.29) is 17.4 Å². The smallest absolute Gasteiger partial charge is 0.271 e. The molecule has 1 aromatic carbocycles. The number of hydrogen-bond acceptors (Lipinski definition) is 3. The van der Waals surface area contributed by atoms with Gasteiger partial charge in [0, 0.05) is 23.7 Å². The fraction of sp³-hybridized carbons (Fsp3) is 0.375. The molecule has 0 fully saturated rings. The van der Waals surface area contributed by atoms with E-state index in [9.17, 15) is 9.18 Å². The van der Waals surface area contributed by atoms with Crippen LogP contribution >= 0.6 is 0 Å². The van der Waals surface area contributed by atoms with Gasteiger partial charge >= 0.3 is 0 Å². The Morgan fingerprint density at radius 1 is 1.24 bits per heavy atom. The Labute approximate surface area is 123 Å². The van der Waals surface area contributed by atoms with Crippen molar-refractivity contribution in [1.29, 1.82) is 0 Å². The zero-order chi connectivity index (χ0) is 15.6. The molecule has 0 radical (unpaired) electrons. The molecule has 1 atom stereocenters. The molecule has 21 heavy (non-hydrogen) atoms. The highest BCUT2D eigenvalue weighted by Crippen LogP contribution is 2.19. The van der Waals surface area contributed by atoms with Gasteiger partial charge in [0.15, 0.2) is 0 Å². The van der Waals surface area contributed by atoms with Gasteiger partial charge in [-0.2, -0.15) is 5.10 Å². The van der Waals surface area contributed by atoms with Gasteiger partial charge in [0.1, 0.15) is 5.82 Å². The van der Waals surface area contributed by atoms with Gasteiger partial charge in [-0.05, 0) is 43.2 Å². The van der Waals surface area contributed by atoms with Crippen molar-refractivity contribution in [3.63, 3.8) is 0 Å². The molecule has 4 nitrogen and oxygen atoms in total. The van der Waals surface area contributed by atoms with Crippen LogP contribution in [0.5, 0.6) is 0 Å².